The van der Waals surface area contributed by atoms with Crippen molar-refractivity contribution in [2.75, 3.05) is 6.54 Å². The maximum Gasteiger partial charge on any atom is 0.0398 e. The van der Waals surface area contributed by atoms with E-state index in [2.05, 4.69) is 30.6 Å². The highest BCUT2D eigenvalue weighted by Crippen LogP contribution is 2.11. The fourth-order valence-electron chi connectivity index (χ4n) is 0.949. The van der Waals surface area contributed by atoms with Crippen LogP contribution in [0.5, 0.6) is 0 Å². The Morgan fingerprint density at radius 2 is 2.40 bits per heavy atom. The topological polar surface area (TPSA) is 12.0 Å². The molecule has 1 N–H and O–H groups in total. The van der Waals surface area contributed by atoms with E-state index in [0.29, 0.717) is 0 Å². The lowest BCUT2D eigenvalue weighted by Crippen LogP contribution is -1.99. The molecule has 10 heavy (non-hydrogen) atoms. The first-order valence-corrected chi connectivity index (χ1v) is 3.57. The van der Waals surface area contributed by atoms with Crippen LogP contribution in [0.2, 0.25) is 0 Å². The minimum Gasteiger partial charge on any atom is -0.387 e. The number of rotatable bonds is 1. The Labute approximate surface area is 62.1 Å². The molecule has 1 aliphatic heterocycles. The van der Waals surface area contributed by atoms with Gasteiger partial charge < -0.3 is 5.32 Å². The minimum atomic E-state index is 0.982. The van der Waals surface area contributed by atoms with Gasteiger partial charge in [-0.3, -0.25) is 0 Å². The Bertz CT molecular complexity index is 197. The van der Waals surface area contributed by atoms with E-state index >= 15 is 0 Å². The maximum atomic E-state index is 3.17. The van der Waals surface area contributed by atoms with Crippen LogP contribution in [0.3, 0.4) is 0 Å². The Morgan fingerprint density at radius 3 is 2.90 bits per heavy atom. The Balaban J connectivity index is 2.65. The van der Waals surface area contributed by atoms with E-state index in [0.717, 1.165) is 6.54 Å². The molecule has 0 aromatic carbocycles. The summed E-state index contributed by atoms with van der Waals surface area (Å²) in [6.45, 7) is 5.13. The van der Waals surface area contributed by atoms with Crippen LogP contribution in [0.25, 0.3) is 0 Å². The molecular formula is C9H13N. The molecule has 1 nitrogen and oxygen atoms in total. The van der Waals surface area contributed by atoms with Gasteiger partial charge >= 0.3 is 0 Å². The second-order valence-electron chi connectivity index (χ2n) is 2.43. The van der Waals surface area contributed by atoms with Gasteiger partial charge in [0.1, 0.15) is 0 Å². The molecule has 0 aliphatic carbocycles. The summed E-state index contributed by atoms with van der Waals surface area (Å²) in [6.07, 6.45) is 8.30. The molecule has 1 heterocycles. The van der Waals surface area contributed by atoms with Crippen molar-refractivity contribution >= 4 is 0 Å². The number of allylic oxidation sites excluding steroid dienone is 3. The van der Waals surface area contributed by atoms with Gasteiger partial charge in [0.05, 0.1) is 0 Å². The predicted octanol–water partition coefficient (Wildman–Crippen LogP) is 2.00. The highest BCUT2D eigenvalue weighted by Gasteiger charge is 2.02. The van der Waals surface area contributed by atoms with E-state index in [1.807, 2.05) is 13.0 Å². The number of hydrogen-bond donors (Lipinski definition) is 1. The first-order valence-electron chi connectivity index (χ1n) is 3.57. The lowest BCUT2D eigenvalue weighted by Gasteiger charge is -1.93. The Morgan fingerprint density at radius 1 is 1.60 bits per heavy atom. The highest BCUT2D eigenvalue weighted by atomic mass is 14.9. The van der Waals surface area contributed by atoms with Gasteiger partial charge in [-0.2, -0.15) is 0 Å². The number of nitrogens with one attached hydrogen (secondary N) is 1. The normalized spacial score (nSPS) is 21.8. The summed E-state index contributed by atoms with van der Waals surface area (Å²) in [5, 5.41) is 3.17. The largest absolute Gasteiger partial charge is 0.387 e. The summed E-state index contributed by atoms with van der Waals surface area (Å²) in [6, 6.07) is 0. The molecule has 0 bridgehead atoms. The molecule has 0 atom stereocenters. The summed E-state index contributed by atoms with van der Waals surface area (Å²) in [7, 11) is 0. The second kappa shape index (κ2) is 3.25. The van der Waals surface area contributed by atoms with Crippen LogP contribution >= 0.6 is 0 Å². The average molecular weight is 135 g/mol. The van der Waals surface area contributed by atoms with Gasteiger partial charge in [-0.25, -0.2) is 0 Å². The number of hydrogen-bond acceptors (Lipinski definition) is 1. The molecule has 0 fully saturated rings. The van der Waals surface area contributed by atoms with Gasteiger partial charge in [0.25, 0.3) is 0 Å². The van der Waals surface area contributed by atoms with Crippen LogP contribution in [0, 0.1) is 0 Å². The van der Waals surface area contributed by atoms with Crippen molar-refractivity contribution in [3.8, 4) is 0 Å². The van der Waals surface area contributed by atoms with Gasteiger partial charge in [0.2, 0.25) is 0 Å². The van der Waals surface area contributed by atoms with E-state index in [1.54, 1.807) is 0 Å². The molecule has 0 aromatic heterocycles. The van der Waals surface area contributed by atoms with Crippen LogP contribution in [0.15, 0.2) is 35.6 Å². The highest BCUT2D eigenvalue weighted by molar-refractivity contribution is 5.36. The third-order valence-corrected chi connectivity index (χ3v) is 1.61. The predicted molar refractivity (Wildman–Crippen MR) is 44.7 cm³/mol. The van der Waals surface area contributed by atoms with Crippen LogP contribution < -0.4 is 5.32 Å². The van der Waals surface area contributed by atoms with Crippen molar-refractivity contribution in [2.45, 2.75) is 13.8 Å². The molecule has 54 valence electrons. The lowest BCUT2D eigenvalue weighted by molar-refractivity contribution is 1.01. The molecule has 0 saturated heterocycles. The molecular weight excluding hydrogens is 122 g/mol. The molecule has 0 amide bonds. The van der Waals surface area contributed by atoms with Crippen molar-refractivity contribution < 1.29 is 0 Å². The SMILES string of the molecule is C/C=C\C=C1/CNC=C1C. The third-order valence-electron chi connectivity index (χ3n) is 1.61. The fourth-order valence-corrected chi connectivity index (χ4v) is 0.949. The third kappa shape index (κ3) is 1.50. The second-order valence-corrected chi connectivity index (χ2v) is 2.43. The zero-order valence-electron chi connectivity index (χ0n) is 6.52. The lowest BCUT2D eigenvalue weighted by atomic mass is 10.1. The summed E-state index contributed by atoms with van der Waals surface area (Å²) < 4.78 is 0. The quantitative estimate of drug-likeness (QED) is 0.580. The van der Waals surface area contributed by atoms with Gasteiger partial charge in [-0.1, -0.05) is 18.2 Å². The van der Waals surface area contributed by atoms with Crippen LogP contribution in [0.4, 0.5) is 0 Å². The van der Waals surface area contributed by atoms with Crippen LogP contribution in [0.1, 0.15) is 13.8 Å². The smallest absolute Gasteiger partial charge is 0.0398 e. The van der Waals surface area contributed by atoms with E-state index in [4.69, 9.17) is 0 Å². The van der Waals surface area contributed by atoms with Crippen LogP contribution in [-0.4, -0.2) is 6.54 Å². The molecule has 0 unspecified atom stereocenters. The monoisotopic (exact) mass is 135 g/mol. The van der Waals surface area contributed by atoms with E-state index < -0.39 is 0 Å². The summed E-state index contributed by atoms with van der Waals surface area (Å²) in [5.41, 5.74) is 2.73. The molecule has 0 spiro atoms. The van der Waals surface area contributed by atoms with Gasteiger partial charge in [-0.15, -0.1) is 0 Å². The summed E-state index contributed by atoms with van der Waals surface area (Å²) in [4.78, 5) is 0. The first-order chi connectivity index (χ1) is 4.84. The van der Waals surface area contributed by atoms with E-state index in [9.17, 15) is 0 Å². The van der Waals surface area contributed by atoms with Crippen molar-refractivity contribution in [1.29, 1.82) is 0 Å². The molecule has 1 heteroatoms. The fraction of sp³-hybridized carbons (Fsp3) is 0.333. The van der Waals surface area contributed by atoms with E-state index in [1.165, 1.54) is 11.1 Å². The first kappa shape index (κ1) is 7.13. The Kier molecular flexibility index (Phi) is 2.32. The van der Waals surface area contributed by atoms with E-state index in [-0.39, 0.29) is 0 Å². The average Bonchev–Trinajstić information content (AvgIpc) is 2.31. The molecule has 1 aliphatic rings. The van der Waals surface area contributed by atoms with Gasteiger partial charge in [0, 0.05) is 6.54 Å². The Hall–Kier alpha value is -0.980. The standard InChI is InChI=1S/C9H13N/c1-3-4-5-9-7-10-6-8(9)2/h3-6,10H,7H2,1-2H3/b4-3-,9-5+. The molecule has 0 saturated carbocycles. The zero-order valence-corrected chi connectivity index (χ0v) is 6.52. The van der Waals surface area contributed by atoms with Gasteiger partial charge in [0.15, 0.2) is 0 Å². The zero-order chi connectivity index (χ0) is 7.40. The van der Waals surface area contributed by atoms with Gasteiger partial charge in [-0.05, 0) is 31.2 Å². The van der Waals surface area contributed by atoms with Crippen molar-refractivity contribution in [3.63, 3.8) is 0 Å². The van der Waals surface area contributed by atoms with Crippen LogP contribution in [-0.2, 0) is 0 Å². The minimum absolute atomic E-state index is 0.982. The molecule has 0 radical (unpaired) electrons. The molecule has 1 rings (SSSR count). The van der Waals surface area contributed by atoms with Crippen molar-refractivity contribution in [1.82, 2.24) is 5.32 Å². The summed E-state index contributed by atoms with van der Waals surface area (Å²) in [5.74, 6) is 0. The van der Waals surface area contributed by atoms with Crippen molar-refractivity contribution in [3.05, 3.63) is 35.6 Å². The summed E-state index contributed by atoms with van der Waals surface area (Å²) >= 11 is 0. The molecule has 0 aromatic rings. The van der Waals surface area contributed by atoms with Crippen molar-refractivity contribution in [2.24, 2.45) is 0 Å². The maximum absolute atomic E-state index is 3.17.